The van der Waals surface area contributed by atoms with Gasteiger partial charge in [0.15, 0.2) is 0 Å². The monoisotopic (exact) mass is 276 g/mol. The fourth-order valence-corrected chi connectivity index (χ4v) is 3.42. The molecule has 0 fully saturated rings. The molecule has 1 rings (SSSR count). The molecule has 1 N–H and O–H groups in total. The first-order valence-corrected chi connectivity index (χ1v) is 7.88. The maximum absolute atomic E-state index is 9.27. The number of hydrogen-bond acceptors (Lipinski definition) is 3. The summed E-state index contributed by atoms with van der Waals surface area (Å²) in [6.45, 7) is 9.22. The van der Waals surface area contributed by atoms with E-state index in [1.807, 2.05) is 25.6 Å². The second-order valence-corrected chi connectivity index (χ2v) is 6.65. The Bertz CT molecular complexity index is 439. The molecule has 0 bridgehead atoms. The Kier molecular flexibility index (Phi) is 6.41. The lowest BCUT2D eigenvalue weighted by Crippen LogP contribution is -2.42. The molecule has 0 amide bonds. The van der Waals surface area contributed by atoms with Crippen LogP contribution >= 0.6 is 11.8 Å². The van der Waals surface area contributed by atoms with Crippen molar-refractivity contribution in [3.63, 3.8) is 0 Å². The van der Waals surface area contributed by atoms with Crippen molar-refractivity contribution in [1.29, 1.82) is 5.26 Å². The first-order valence-electron chi connectivity index (χ1n) is 6.83. The van der Waals surface area contributed by atoms with Gasteiger partial charge in [0.2, 0.25) is 0 Å². The summed E-state index contributed by atoms with van der Waals surface area (Å²) < 4.78 is 0. The lowest BCUT2D eigenvalue weighted by atomic mass is 9.98. The predicted octanol–water partition coefficient (Wildman–Crippen LogP) is 3.90. The van der Waals surface area contributed by atoms with Crippen molar-refractivity contribution in [2.24, 2.45) is 0 Å². The zero-order chi connectivity index (χ0) is 14.3. The van der Waals surface area contributed by atoms with E-state index < -0.39 is 5.54 Å². The number of benzene rings is 1. The summed E-state index contributed by atoms with van der Waals surface area (Å²) in [5.74, 6) is 1.02. The molecule has 3 heteroatoms. The Morgan fingerprint density at radius 2 is 2.11 bits per heavy atom. The van der Waals surface area contributed by atoms with Crippen molar-refractivity contribution in [2.45, 2.75) is 50.7 Å². The van der Waals surface area contributed by atoms with Crippen molar-refractivity contribution in [3.05, 3.63) is 35.4 Å². The van der Waals surface area contributed by atoms with E-state index in [9.17, 15) is 5.26 Å². The first-order chi connectivity index (χ1) is 9.00. The van der Waals surface area contributed by atoms with Gasteiger partial charge in [-0.2, -0.15) is 17.0 Å². The van der Waals surface area contributed by atoms with E-state index in [-0.39, 0.29) is 0 Å². The Morgan fingerprint density at radius 1 is 1.42 bits per heavy atom. The SMILES string of the molecule is CCNC(C)(C#N)CC(C)SCc1ccccc1C. The van der Waals surface area contributed by atoms with Crippen LogP contribution in [0.25, 0.3) is 0 Å². The van der Waals surface area contributed by atoms with Crippen molar-refractivity contribution < 1.29 is 0 Å². The van der Waals surface area contributed by atoms with Gasteiger partial charge in [-0.15, -0.1) is 0 Å². The van der Waals surface area contributed by atoms with Gasteiger partial charge >= 0.3 is 0 Å². The molecule has 0 saturated heterocycles. The summed E-state index contributed by atoms with van der Waals surface area (Å²) >= 11 is 1.92. The largest absolute Gasteiger partial charge is 0.300 e. The first kappa shape index (κ1) is 16.1. The van der Waals surface area contributed by atoms with Crippen LogP contribution in [0, 0.1) is 18.3 Å². The molecule has 0 aliphatic rings. The molecule has 0 saturated carbocycles. The number of nitriles is 1. The van der Waals surface area contributed by atoms with Gasteiger partial charge in [0.05, 0.1) is 6.07 Å². The minimum absolute atomic E-state index is 0.410. The molecule has 0 aliphatic heterocycles. The predicted molar refractivity (Wildman–Crippen MR) is 84.2 cm³/mol. The molecule has 0 radical (unpaired) electrons. The van der Waals surface area contributed by atoms with Gasteiger partial charge in [-0.1, -0.05) is 38.1 Å². The van der Waals surface area contributed by atoms with Crippen molar-refractivity contribution in [2.75, 3.05) is 6.54 Å². The fourth-order valence-electron chi connectivity index (χ4n) is 2.19. The van der Waals surface area contributed by atoms with Crippen molar-refractivity contribution in [1.82, 2.24) is 5.32 Å². The third kappa shape index (κ3) is 5.26. The van der Waals surface area contributed by atoms with E-state index in [4.69, 9.17) is 0 Å². The quantitative estimate of drug-likeness (QED) is 0.820. The summed E-state index contributed by atoms with van der Waals surface area (Å²) in [6.07, 6.45) is 0.869. The Balaban J connectivity index is 2.50. The minimum atomic E-state index is -0.410. The molecule has 2 atom stereocenters. The summed E-state index contributed by atoms with van der Waals surface area (Å²) in [5, 5.41) is 13.0. The van der Waals surface area contributed by atoms with Crippen molar-refractivity contribution >= 4 is 11.8 Å². The molecular formula is C16H24N2S. The topological polar surface area (TPSA) is 35.8 Å². The second kappa shape index (κ2) is 7.57. The number of thioether (sulfide) groups is 1. The van der Waals surface area contributed by atoms with Crippen LogP contribution in [0.5, 0.6) is 0 Å². The van der Waals surface area contributed by atoms with Crippen LogP contribution in [0.4, 0.5) is 0 Å². The normalized spacial score (nSPS) is 15.5. The molecule has 0 aliphatic carbocycles. The van der Waals surface area contributed by atoms with Gasteiger partial charge in [0, 0.05) is 11.0 Å². The number of nitrogens with zero attached hydrogens (tertiary/aromatic N) is 1. The molecule has 0 spiro atoms. The zero-order valence-corrected chi connectivity index (χ0v) is 13.2. The van der Waals surface area contributed by atoms with Crippen LogP contribution in [0.2, 0.25) is 0 Å². The highest BCUT2D eigenvalue weighted by Crippen LogP contribution is 2.25. The number of aryl methyl sites for hydroxylation is 1. The van der Waals surface area contributed by atoms with Crippen molar-refractivity contribution in [3.8, 4) is 6.07 Å². The van der Waals surface area contributed by atoms with Crippen LogP contribution in [-0.4, -0.2) is 17.3 Å². The average Bonchev–Trinajstić information content (AvgIpc) is 2.38. The van der Waals surface area contributed by atoms with Gasteiger partial charge < -0.3 is 0 Å². The molecule has 104 valence electrons. The highest BCUT2D eigenvalue weighted by molar-refractivity contribution is 7.99. The Hall–Kier alpha value is -0.980. The summed E-state index contributed by atoms with van der Waals surface area (Å²) in [6, 6.07) is 10.9. The van der Waals surface area contributed by atoms with E-state index in [0.29, 0.717) is 5.25 Å². The third-order valence-electron chi connectivity index (χ3n) is 3.29. The minimum Gasteiger partial charge on any atom is -0.300 e. The second-order valence-electron chi connectivity index (χ2n) is 5.23. The maximum atomic E-state index is 9.27. The molecule has 2 unspecified atom stereocenters. The lowest BCUT2D eigenvalue weighted by Gasteiger charge is -2.26. The third-order valence-corrected chi connectivity index (χ3v) is 4.51. The van der Waals surface area contributed by atoms with E-state index in [1.54, 1.807) is 0 Å². The average molecular weight is 276 g/mol. The van der Waals surface area contributed by atoms with E-state index >= 15 is 0 Å². The number of nitrogens with one attached hydrogen (secondary N) is 1. The standard InChI is InChI=1S/C16H24N2S/c1-5-18-16(4,12-17)10-14(3)19-11-15-9-7-6-8-13(15)2/h6-9,14,18H,5,10-11H2,1-4H3. The molecule has 0 heterocycles. The lowest BCUT2D eigenvalue weighted by molar-refractivity contribution is 0.429. The van der Waals surface area contributed by atoms with Crippen LogP contribution in [0.3, 0.4) is 0 Å². The Morgan fingerprint density at radius 3 is 2.68 bits per heavy atom. The smallest absolute Gasteiger partial charge is 0.104 e. The van der Waals surface area contributed by atoms with E-state index in [0.717, 1.165) is 18.7 Å². The molecule has 2 nitrogen and oxygen atoms in total. The molecule has 1 aromatic carbocycles. The summed E-state index contributed by atoms with van der Waals surface area (Å²) in [5.41, 5.74) is 2.32. The molecular weight excluding hydrogens is 252 g/mol. The van der Waals surface area contributed by atoms with Crippen LogP contribution in [-0.2, 0) is 5.75 Å². The molecule has 19 heavy (non-hydrogen) atoms. The highest BCUT2D eigenvalue weighted by atomic mass is 32.2. The van der Waals surface area contributed by atoms with Crippen LogP contribution in [0.1, 0.15) is 38.3 Å². The van der Waals surface area contributed by atoms with E-state index in [1.165, 1.54) is 11.1 Å². The molecule has 1 aromatic rings. The van der Waals surface area contributed by atoms with Gasteiger partial charge in [0.1, 0.15) is 5.54 Å². The number of rotatable bonds is 7. The zero-order valence-electron chi connectivity index (χ0n) is 12.4. The summed E-state index contributed by atoms with van der Waals surface area (Å²) in [7, 11) is 0. The highest BCUT2D eigenvalue weighted by Gasteiger charge is 2.25. The Labute approximate surface area is 121 Å². The van der Waals surface area contributed by atoms with Gasteiger partial charge in [0.25, 0.3) is 0 Å². The van der Waals surface area contributed by atoms with Gasteiger partial charge in [-0.25, -0.2) is 0 Å². The van der Waals surface area contributed by atoms with Crippen LogP contribution < -0.4 is 5.32 Å². The number of hydrogen-bond donors (Lipinski definition) is 1. The van der Waals surface area contributed by atoms with Gasteiger partial charge in [-0.3, -0.25) is 5.32 Å². The van der Waals surface area contributed by atoms with Crippen LogP contribution in [0.15, 0.2) is 24.3 Å². The van der Waals surface area contributed by atoms with Gasteiger partial charge in [-0.05, 0) is 37.9 Å². The molecule has 0 aromatic heterocycles. The van der Waals surface area contributed by atoms with E-state index in [2.05, 4.69) is 49.5 Å². The summed E-state index contributed by atoms with van der Waals surface area (Å²) in [4.78, 5) is 0. The maximum Gasteiger partial charge on any atom is 0.104 e. The fraction of sp³-hybridized carbons (Fsp3) is 0.562.